The van der Waals surface area contributed by atoms with E-state index in [2.05, 4.69) is 15.9 Å². The van der Waals surface area contributed by atoms with E-state index in [9.17, 15) is 13.2 Å². The highest BCUT2D eigenvalue weighted by Crippen LogP contribution is 2.29. The number of alkyl halides is 3. The monoisotopic (exact) mass is 328 g/mol. The first-order chi connectivity index (χ1) is 8.25. The molecule has 3 nitrogen and oxygen atoms in total. The van der Waals surface area contributed by atoms with Crippen molar-refractivity contribution >= 4 is 15.9 Å². The lowest BCUT2D eigenvalue weighted by Crippen LogP contribution is -2.34. The molecule has 0 amide bonds. The van der Waals surface area contributed by atoms with Gasteiger partial charge in [-0.15, -0.1) is 0 Å². The van der Waals surface area contributed by atoms with Gasteiger partial charge in [-0.25, -0.2) is 0 Å². The van der Waals surface area contributed by atoms with Crippen molar-refractivity contribution < 1.29 is 28.1 Å². The molecule has 1 atom stereocenters. The Labute approximate surface area is 110 Å². The fraction of sp³-hybridized carbons (Fsp3) is 0.455. The minimum Gasteiger partial charge on any atom is -0.490 e. The molecule has 0 heterocycles. The van der Waals surface area contributed by atoms with Gasteiger partial charge in [-0.2, -0.15) is 13.2 Å². The predicted molar refractivity (Wildman–Crippen MR) is 62.4 cm³/mol. The van der Waals surface area contributed by atoms with Crippen molar-refractivity contribution in [3.05, 3.63) is 27.7 Å². The Kier molecular flexibility index (Phi) is 5.01. The Balaban J connectivity index is 2.85. The number of halogens is 4. The Bertz CT molecular complexity index is 421. The Hall–Kier alpha value is -0.790. The van der Waals surface area contributed by atoms with Crippen molar-refractivity contribution in [1.82, 2.24) is 0 Å². The van der Waals surface area contributed by atoms with Gasteiger partial charge in [-0.1, -0.05) is 15.9 Å². The molecule has 18 heavy (non-hydrogen) atoms. The maximum Gasteiger partial charge on any atom is 0.417 e. The van der Waals surface area contributed by atoms with Crippen molar-refractivity contribution in [3.63, 3.8) is 0 Å². The van der Waals surface area contributed by atoms with Crippen LogP contribution in [0.1, 0.15) is 11.1 Å². The van der Waals surface area contributed by atoms with Crippen molar-refractivity contribution in [2.75, 3.05) is 6.61 Å². The molecule has 1 aromatic rings. The molecule has 0 saturated heterocycles. The summed E-state index contributed by atoms with van der Waals surface area (Å²) in [6.07, 6.45) is -7.27. The number of benzene rings is 1. The Morgan fingerprint density at radius 1 is 1.39 bits per heavy atom. The minimum atomic E-state index is -4.72. The summed E-state index contributed by atoms with van der Waals surface area (Å²) in [6.45, 7) is 0.371. The number of aliphatic hydroxyl groups is 2. The van der Waals surface area contributed by atoms with Gasteiger partial charge in [0.2, 0.25) is 0 Å². The zero-order chi connectivity index (χ0) is 13.9. The summed E-state index contributed by atoms with van der Waals surface area (Å²) in [5.41, 5.74) is 0.930. The average Bonchev–Trinajstić information content (AvgIpc) is 2.25. The van der Waals surface area contributed by atoms with Crippen LogP contribution in [0.2, 0.25) is 0 Å². The topological polar surface area (TPSA) is 49.7 Å². The van der Waals surface area contributed by atoms with Crippen LogP contribution < -0.4 is 4.74 Å². The summed E-state index contributed by atoms with van der Waals surface area (Å²) in [6, 6.07) is 3.19. The summed E-state index contributed by atoms with van der Waals surface area (Å²) in [5, 5.41) is 17.9. The van der Waals surface area contributed by atoms with E-state index < -0.39 is 18.9 Å². The molecule has 0 aliphatic heterocycles. The first-order valence-corrected chi connectivity index (χ1v) is 5.82. The largest absolute Gasteiger partial charge is 0.490 e. The minimum absolute atomic E-state index is 0.156. The van der Waals surface area contributed by atoms with Gasteiger partial charge in [0.25, 0.3) is 0 Å². The number of hydrogen-bond donors (Lipinski definition) is 2. The van der Waals surface area contributed by atoms with Crippen LogP contribution in [-0.4, -0.2) is 29.1 Å². The molecule has 1 rings (SSSR count). The zero-order valence-electron chi connectivity index (χ0n) is 9.46. The molecule has 0 bridgehead atoms. The van der Waals surface area contributed by atoms with Crippen LogP contribution in [0.25, 0.3) is 0 Å². The fourth-order valence-corrected chi connectivity index (χ4v) is 2.00. The lowest BCUT2D eigenvalue weighted by Gasteiger charge is -2.18. The molecule has 0 aromatic heterocycles. The highest BCUT2D eigenvalue weighted by molar-refractivity contribution is 9.10. The fourth-order valence-electron chi connectivity index (χ4n) is 1.38. The van der Waals surface area contributed by atoms with Gasteiger partial charge in [0, 0.05) is 10.0 Å². The van der Waals surface area contributed by atoms with E-state index in [-0.39, 0.29) is 12.4 Å². The van der Waals surface area contributed by atoms with Gasteiger partial charge in [0.05, 0.1) is 6.61 Å². The van der Waals surface area contributed by atoms with Crippen LogP contribution in [-0.2, 0) is 6.61 Å². The maximum atomic E-state index is 12.1. The van der Waals surface area contributed by atoms with E-state index in [1.54, 1.807) is 19.1 Å². The molecular weight excluding hydrogens is 317 g/mol. The maximum absolute atomic E-state index is 12.1. The number of rotatable bonds is 4. The third-order valence-corrected chi connectivity index (χ3v) is 2.71. The SMILES string of the molecule is Cc1cc(Br)cc(CO)c1OCC(O)C(F)(F)F. The molecule has 0 spiro atoms. The van der Waals surface area contributed by atoms with Gasteiger partial charge in [0.15, 0.2) is 6.10 Å². The first-order valence-electron chi connectivity index (χ1n) is 5.03. The smallest absolute Gasteiger partial charge is 0.417 e. The molecule has 0 radical (unpaired) electrons. The van der Waals surface area contributed by atoms with E-state index in [1.807, 2.05) is 0 Å². The molecule has 0 saturated carbocycles. The van der Waals surface area contributed by atoms with Crippen LogP contribution in [0.4, 0.5) is 13.2 Å². The van der Waals surface area contributed by atoms with Gasteiger partial charge < -0.3 is 14.9 Å². The van der Waals surface area contributed by atoms with Crippen molar-refractivity contribution in [2.45, 2.75) is 25.8 Å². The molecule has 1 unspecified atom stereocenters. The van der Waals surface area contributed by atoms with Crippen molar-refractivity contribution in [2.24, 2.45) is 0 Å². The highest BCUT2D eigenvalue weighted by atomic mass is 79.9. The van der Waals surface area contributed by atoms with Gasteiger partial charge in [-0.05, 0) is 24.6 Å². The number of hydrogen-bond acceptors (Lipinski definition) is 3. The Morgan fingerprint density at radius 3 is 2.50 bits per heavy atom. The normalized spacial score (nSPS) is 13.5. The average molecular weight is 329 g/mol. The van der Waals surface area contributed by atoms with Crippen molar-refractivity contribution in [1.29, 1.82) is 0 Å². The lowest BCUT2D eigenvalue weighted by molar-refractivity contribution is -0.210. The summed E-state index contributed by atoms with van der Waals surface area (Å²) in [4.78, 5) is 0. The first kappa shape index (κ1) is 15.3. The molecule has 0 fully saturated rings. The second-order valence-corrected chi connectivity index (χ2v) is 4.65. The number of aryl methyl sites for hydroxylation is 1. The molecule has 0 aliphatic carbocycles. The predicted octanol–water partition coefficient (Wildman–Crippen LogP) is 2.55. The van der Waals surface area contributed by atoms with Crippen LogP contribution >= 0.6 is 15.9 Å². The van der Waals surface area contributed by atoms with Crippen molar-refractivity contribution in [3.8, 4) is 5.75 Å². The van der Waals surface area contributed by atoms with Gasteiger partial charge in [-0.3, -0.25) is 0 Å². The van der Waals surface area contributed by atoms with Gasteiger partial charge in [0.1, 0.15) is 12.4 Å². The van der Waals surface area contributed by atoms with E-state index in [0.29, 0.717) is 15.6 Å². The van der Waals surface area contributed by atoms with Crippen LogP contribution in [0.15, 0.2) is 16.6 Å². The van der Waals surface area contributed by atoms with E-state index in [4.69, 9.17) is 14.9 Å². The molecule has 7 heteroatoms. The number of aliphatic hydroxyl groups excluding tert-OH is 2. The molecule has 102 valence electrons. The second kappa shape index (κ2) is 5.90. The van der Waals surface area contributed by atoms with E-state index in [1.165, 1.54) is 0 Å². The third-order valence-electron chi connectivity index (χ3n) is 2.25. The van der Waals surface area contributed by atoms with Crippen LogP contribution in [0.3, 0.4) is 0 Å². The van der Waals surface area contributed by atoms with Crippen LogP contribution in [0, 0.1) is 6.92 Å². The van der Waals surface area contributed by atoms with Crippen LogP contribution in [0.5, 0.6) is 5.75 Å². The summed E-state index contributed by atoms with van der Waals surface area (Å²) in [7, 11) is 0. The standard InChI is InChI=1S/C11H12BrF3O3/c1-6-2-8(12)3-7(4-16)10(6)18-5-9(17)11(13,14)15/h2-3,9,16-17H,4-5H2,1H3. The number of ether oxygens (including phenoxy) is 1. The summed E-state index contributed by atoms with van der Waals surface area (Å²) < 4.78 is 42.0. The summed E-state index contributed by atoms with van der Waals surface area (Å²) >= 11 is 3.20. The third kappa shape index (κ3) is 3.86. The molecular formula is C11H12BrF3O3. The summed E-state index contributed by atoms with van der Waals surface area (Å²) in [5.74, 6) is 0.156. The second-order valence-electron chi connectivity index (χ2n) is 3.74. The van der Waals surface area contributed by atoms with E-state index in [0.717, 1.165) is 0 Å². The quantitative estimate of drug-likeness (QED) is 0.893. The molecule has 0 aliphatic rings. The molecule has 2 N–H and O–H groups in total. The molecule has 1 aromatic carbocycles. The Morgan fingerprint density at radius 2 is 2.00 bits per heavy atom. The van der Waals surface area contributed by atoms with E-state index >= 15 is 0 Å². The lowest BCUT2D eigenvalue weighted by atomic mass is 10.1. The zero-order valence-corrected chi connectivity index (χ0v) is 11.0. The highest BCUT2D eigenvalue weighted by Gasteiger charge is 2.38. The van der Waals surface area contributed by atoms with Gasteiger partial charge >= 0.3 is 6.18 Å².